The van der Waals surface area contributed by atoms with Crippen LogP contribution in [0.1, 0.15) is 44.6 Å². The molecule has 2 fully saturated rings. The zero-order chi connectivity index (χ0) is 15.7. The Morgan fingerprint density at radius 2 is 1.96 bits per heavy atom. The monoisotopic (exact) mass is 308 g/mol. The Kier molecular flexibility index (Phi) is 3.96. The second kappa shape index (κ2) is 6.10. The van der Waals surface area contributed by atoms with E-state index in [2.05, 4.69) is 55.5 Å². The van der Waals surface area contributed by atoms with E-state index < -0.39 is 0 Å². The number of hydrogen-bond acceptors (Lipinski definition) is 2. The minimum atomic E-state index is -0.311. The summed E-state index contributed by atoms with van der Waals surface area (Å²) in [6, 6.07) is 15.1. The van der Waals surface area contributed by atoms with Gasteiger partial charge in [0.2, 0.25) is 0 Å². The largest absolute Gasteiger partial charge is 0.347 e. The zero-order valence-corrected chi connectivity index (χ0v) is 13.8. The predicted molar refractivity (Wildman–Crippen MR) is 94.2 cm³/mol. The van der Waals surface area contributed by atoms with E-state index >= 15 is 0 Å². The lowest BCUT2D eigenvalue weighted by molar-refractivity contribution is -0.192. The average molecular weight is 308 g/mol. The van der Waals surface area contributed by atoms with Gasteiger partial charge in [0.25, 0.3) is 0 Å². The second-order valence-electron chi connectivity index (χ2n) is 6.83. The predicted octanol–water partition coefficient (Wildman–Crippen LogP) is 5.32. The molecule has 0 bridgehead atoms. The minimum absolute atomic E-state index is 0.300. The van der Waals surface area contributed by atoms with Crippen LogP contribution in [0.5, 0.6) is 0 Å². The van der Waals surface area contributed by atoms with Crippen LogP contribution in [-0.4, -0.2) is 18.5 Å². The standard InChI is InChI=1S/C21H24O2/c1-2-3-10-19-15-22-21(23-19)13-16(14-21)12-18-9-6-8-17-7-4-5-11-20(17)18/h4-9,11-12,19H,2-3,10,13-15H2,1H3. The third-order valence-corrected chi connectivity index (χ3v) is 4.97. The molecule has 2 aliphatic rings. The molecule has 0 aromatic heterocycles. The SMILES string of the molecule is CCCCC1COC2(CC(=Cc3cccc4ccccc34)C2)O1. The average Bonchev–Trinajstić information content (AvgIpc) is 2.97. The maximum absolute atomic E-state index is 6.18. The Morgan fingerprint density at radius 3 is 2.83 bits per heavy atom. The Hall–Kier alpha value is -1.64. The third kappa shape index (κ3) is 2.93. The summed E-state index contributed by atoms with van der Waals surface area (Å²) in [5.74, 6) is -0.311. The van der Waals surface area contributed by atoms with E-state index in [9.17, 15) is 0 Å². The van der Waals surface area contributed by atoms with E-state index in [0.717, 1.165) is 25.9 Å². The normalized spacial score (nSPS) is 26.7. The van der Waals surface area contributed by atoms with Crippen LogP contribution < -0.4 is 0 Å². The lowest BCUT2D eigenvalue weighted by atomic mass is 9.83. The summed E-state index contributed by atoms with van der Waals surface area (Å²) >= 11 is 0. The van der Waals surface area contributed by atoms with Crippen molar-refractivity contribution in [2.75, 3.05) is 6.61 Å². The van der Waals surface area contributed by atoms with Crippen molar-refractivity contribution < 1.29 is 9.47 Å². The molecule has 2 nitrogen and oxygen atoms in total. The van der Waals surface area contributed by atoms with Gasteiger partial charge < -0.3 is 9.47 Å². The quantitative estimate of drug-likeness (QED) is 0.761. The summed E-state index contributed by atoms with van der Waals surface area (Å²) in [5.41, 5.74) is 2.73. The summed E-state index contributed by atoms with van der Waals surface area (Å²) in [6.45, 7) is 2.99. The highest BCUT2D eigenvalue weighted by molar-refractivity contribution is 5.91. The van der Waals surface area contributed by atoms with Crippen LogP contribution >= 0.6 is 0 Å². The minimum Gasteiger partial charge on any atom is -0.347 e. The maximum Gasteiger partial charge on any atom is 0.176 e. The molecule has 0 amide bonds. The van der Waals surface area contributed by atoms with Crippen molar-refractivity contribution in [3.05, 3.63) is 53.6 Å². The van der Waals surface area contributed by atoms with Crippen molar-refractivity contribution in [3.63, 3.8) is 0 Å². The Balaban J connectivity index is 1.46. The number of ether oxygens (including phenoxy) is 2. The highest BCUT2D eigenvalue weighted by Gasteiger charge is 2.48. The van der Waals surface area contributed by atoms with Gasteiger partial charge in [-0.15, -0.1) is 0 Å². The molecule has 4 rings (SSSR count). The van der Waals surface area contributed by atoms with Gasteiger partial charge in [0.15, 0.2) is 5.79 Å². The molecule has 1 saturated carbocycles. The molecule has 0 radical (unpaired) electrons. The lowest BCUT2D eigenvalue weighted by Gasteiger charge is -2.39. The molecule has 0 N–H and O–H groups in total. The molecular formula is C21H24O2. The van der Waals surface area contributed by atoms with Crippen LogP contribution in [0.15, 0.2) is 48.0 Å². The second-order valence-corrected chi connectivity index (χ2v) is 6.83. The molecule has 1 unspecified atom stereocenters. The number of rotatable bonds is 4. The summed E-state index contributed by atoms with van der Waals surface area (Å²) in [4.78, 5) is 0. The van der Waals surface area contributed by atoms with Crippen molar-refractivity contribution >= 4 is 16.8 Å². The zero-order valence-electron chi connectivity index (χ0n) is 13.8. The first-order chi connectivity index (χ1) is 11.3. The molecule has 1 heterocycles. The summed E-state index contributed by atoms with van der Waals surface area (Å²) < 4.78 is 12.2. The molecule has 120 valence electrons. The lowest BCUT2D eigenvalue weighted by Crippen LogP contribution is -2.40. The van der Waals surface area contributed by atoms with E-state index in [0.29, 0.717) is 6.10 Å². The third-order valence-electron chi connectivity index (χ3n) is 4.97. The molecule has 23 heavy (non-hydrogen) atoms. The molecule has 2 aromatic carbocycles. The van der Waals surface area contributed by atoms with Gasteiger partial charge in [0.1, 0.15) is 0 Å². The van der Waals surface area contributed by atoms with Crippen LogP contribution in [-0.2, 0) is 9.47 Å². The molecule has 1 aliphatic carbocycles. The van der Waals surface area contributed by atoms with Gasteiger partial charge in [-0.1, -0.05) is 73.9 Å². The van der Waals surface area contributed by atoms with Crippen LogP contribution in [0.2, 0.25) is 0 Å². The first kappa shape index (κ1) is 14.9. The molecule has 2 aromatic rings. The Bertz CT molecular complexity index is 718. The van der Waals surface area contributed by atoms with Gasteiger partial charge in [-0.25, -0.2) is 0 Å². The smallest absolute Gasteiger partial charge is 0.176 e. The summed E-state index contributed by atoms with van der Waals surface area (Å²) in [7, 11) is 0. The molecule has 1 aliphatic heterocycles. The fourth-order valence-corrected chi connectivity index (χ4v) is 3.71. The fraction of sp³-hybridized carbons (Fsp3) is 0.429. The van der Waals surface area contributed by atoms with Crippen molar-refractivity contribution in [1.29, 1.82) is 0 Å². The van der Waals surface area contributed by atoms with Gasteiger partial charge in [-0.05, 0) is 22.8 Å². The molecule has 1 spiro atoms. The van der Waals surface area contributed by atoms with E-state index in [1.165, 1.54) is 34.8 Å². The van der Waals surface area contributed by atoms with Crippen molar-refractivity contribution in [2.24, 2.45) is 0 Å². The van der Waals surface area contributed by atoms with Gasteiger partial charge >= 0.3 is 0 Å². The van der Waals surface area contributed by atoms with Crippen LogP contribution in [0.4, 0.5) is 0 Å². The van der Waals surface area contributed by atoms with Crippen molar-refractivity contribution in [2.45, 2.75) is 50.9 Å². The van der Waals surface area contributed by atoms with E-state index in [1.54, 1.807) is 0 Å². The van der Waals surface area contributed by atoms with E-state index in [1.807, 2.05) is 0 Å². The number of hydrogen-bond donors (Lipinski definition) is 0. The Labute approximate surface area is 138 Å². The number of benzene rings is 2. The number of unbranched alkanes of at least 4 members (excludes halogenated alkanes) is 1. The first-order valence-electron chi connectivity index (χ1n) is 8.77. The summed E-state index contributed by atoms with van der Waals surface area (Å²) in [5, 5.41) is 2.61. The first-order valence-corrected chi connectivity index (χ1v) is 8.77. The van der Waals surface area contributed by atoms with E-state index in [4.69, 9.17) is 9.47 Å². The van der Waals surface area contributed by atoms with Crippen LogP contribution in [0, 0.1) is 0 Å². The fourth-order valence-electron chi connectivity index (χ4n) is 3.71. The van der Waals surface area contributed by atoms with Gasteiger partial charge in [-0.3, -0.25) is 0 Å². The molecule has 1 atom stereocenters. The van der Waals surface area contributed by atoms with Gasteiger partial charge in [0.05, 0.1) is 12.7 Å². The van der Waals surface area contributed by atoms with Crippen LogP contribution in [0.25, 0.3) is 16.8 Å². The Morgan fingerprint density at radius 1 is 1.13 bits per heavy atom. The van der Waals surface area contributed by atoms with Crippen LogP contribution in [0.3, 0.4) is 0 Å². The summed E-state index contributed by atoms with van der Waals surface area (Å²) in [6.07, 6.45) is 8.02. The maximum atomic E-state index is 6.18. The number of fused-ring (bicyclic) bond motifs is 1. The molecular weight excluding hydrogens is 284 g/mol. The van der Waals surface area contributed by atoms with Crippen molar-refractivity contribution in [1.82, 2.24) is 0 Å². The van der Waals surface area contributed by atoms with Crippen molar-refractivity contribution in [3.8, 4) is 0 Å². The van der Waals surface area contributed by atoms with E-state index in [-0.39, 0.29) is 5.79 Å². The topological polar surface area (TPSA) is 18.5 Å². The van der Waals surface area contributed by atoms with Gasteiger partial charge in [0, 0.05) is 12.8 Å². The highest BCUT2D eigenvalue weighted by atomic mass is 16.7. The molecule has 2 heteroatoms. The molecule has 1 saturated heterocycles. The van der Waals surface area contributed by atoms with Gasteiger partial charge in [-0.2, -0.15) is 0 Å². The highest BCUT2D eigenvalue weighted by Crippen LogP contribution is 2.47.